The summed E-state index contributed by atoms with van der Waals surface area (Å²) in [6, 6.07) is 19.2. The van der Waals surface area contributed by atoms with E-state index in [-0.39, 0.29) is 29.5 Å². The lowest BCUT2D eigenvalue weighted by molar-refractivity contribution is -0.384. The third kappa shape index (κ3) is 6.94. The minimum Gasteiger partial charge on any atom is -0.497 e. The first-order valence-corrected chi connectivity index (χ1v) is 13.0. The topological polar surface area (TPSA) is 123 Å². The number of hydrogen-bond donors (Lipinski definition) is 1. The number of nitrogens with zero attached hydrogens (tertiary/aromatic N) is 3. The van der Waals surface area contributed by atoms with E-state index in [0.717, 1.165) is 16.9 Å². The fourth-order valence-electron chi connectivity index (χ4n) is 4.05. The summed E-state index contributed by atoms with van der Waals surface area (Å²) < 4.78 is 10.4. The van der Waals surface area contributed by atoms with Crippen LogP contribution in [0.3, 0.4) is 0 Å². The van der Waals surface area contributed by atoms with E-state index < -0.39 is 16.1 Å². The Kier molecular flexibility index (Phi) is 8.82. The van der Waals surface area contributed by atoms with Crippen molar-refractivity contribution >= 4 is 45.8 Å². The molecule has 1 unspecified atom stereocenters. The Morgan fingerprint density at radius 2 is 1.87 bits per heavy atom. The number of amidine groups is 1. The standard InChI is InChI=1S/C28H28N4O6S/c1-18-5-4-6-20(15-18)29-28-31(14-13-19-7-10-22(37-2)11-8-19)27(34)25(39-28)17-26(33)30-23-16-21(32(35)36)9-12-24(23)38-3/h4-12,15-16,25H,13-14,17H2,1-3H3,(H,30,33). The van der Waals surface area contributed by atoms with Gasteiger partial charge in [0.15, 0.2) is 5.17 Å². The van der Waals surface area contributed by atoms with Gasteiger partial charge in [0.2, 0.25) is 11.8 Å². The summed E-state index contributed by atoms with van der Waals surface area (Å²) in [5.41, 5.74) is 2.76. The van der Waals surface area contributed by atoms with Gasteiger partial charge in [-0.3, -0.25) is 24.6 Å². The molecule has 3 aromatic carbocycles. The Hall–Kier alpha value is -4.38. The van der Waals surface area contributed by atoms with Gasteiger partial charge in [-0.1, -0.05) is 36.0 Å². The number of anilines is 1. The first kappa shape index (κ1) is 27.6. The van der Waals surface area contributed by atoms with Crippen molar-refractivity contribution in [1.29, 1.82) is 0 Å². The van der Waals surface area contributed by atoms with Crippen molar-refractivity contribution < 1.29 is 24.0 Å². The summed E-state index contributed by atoms with van der Waals surface area (Å²) in [6.45, 7) is 2.35. The number of thioether (sulfide) groups is 1. The van der Waals surface area contributed by atoms with Gasteiger partial charge in [-0.25, -0.2) is 4.99 Å². The second-order valence-corrected chi connectivity index (χ2v) is 9.99. The highest BCUT2D eigenvalue weighted by Crippen LogP contribution is 2.34. The lowest BCUT2D eigenvalue weighted by atomic mass is 10.1. The molecule has 1 saturated heterocycles. The van der Waals surface area contributed by atoms with Gasteiger partial charge >= 0.3 is 0 Å². The quantitative estimate of drug-likeness (QED) is 0.275. The number of nitro benzene ring substituents is 1. The zero-order chi connectivity index (χ0) is 27.9. The molecule has 1 aliphatic rings. The number of aryl methyl sites for hydroxylation is 1. The van der Waals surface area contributed by atoms with Crippen LogP contribution in [0.4, 0.5) is 17.1 Å². The fourth-order valence-corrected chi connectivity index (χ4v) is 5.23. The first-order chi connectivity index (χ1) is 18.8. The summed E-state index contributed by atoms with van der Waals surface area (Å²) >= 11 is 1.23. The number of carbonyl (C=O) groups is 2. The average molecular weight is 549 g/mol. The third-order valence-electron chi connectivity index (χ3n) is 6.07. The molecule has 1 heterocycles. The second-order valence-electron chi connectivity index (χ2n) is 8.82. The maximum atomic E-state index is 13.5. The number of nitro groups is 1. The smallest absolute Gasteiger partial charge is 0.271 e. The number of methoxy groups -OCH3 is 2. The number of non-ortho nitro benzene ring substituents is 1. The van der Waals surface area contributed by atoms with Crippen molar-refractivity contribution in [1.82, 2.24) is 4.90 Å². The van der Waals surface area contributed by atoms with E-state index in [0.29, 0.717) is 23.8 Å². The van der Waals surface area contributed by atoms with Gasteiger partial charge in [-0.05, 0) is 54.8 Å². The molecule has 0 bridgehead atoms. The summed E-state index contributed by atoms with van der Waals surface area (Å²) in [6.07, 6.45) is 0.453. The zero-order valence-corrected chi connectivity index (χ0v) is 22.6. The van der Waals surface area contributed by atoms with Crippen molar-refractivity contribution in [3.8, 4) is 11.5 Å². The van der Waals surface area contributed by atoms with Crippen molar-refractivity contribution in [2.45, 2.75) is 25.0 Å². The molecule has 1 aliphatic heterocycles. The van der Waals surface area contributed by atoms with E-state index in [1.165, 1.54) is 37.1 Å². The number of aliphatic imine (C=N–C) groups is 1. The molecule has 10 nitrogen and oxygen atoms in total. The summed E-state index contributed by atoms with van der Waals surface area (Å²) in [5, 5.41) is 13.7. The molecular formula is C28H28N4O6S. The molecule has 0 radical (unpaired) electrons. The molecule has 4 rings (SSSR count). The molecule has 1 fully saturated rings. The van der Waals surface area contributed by atoms with E-state index in [9.17, 15) is 19.7 Å². The van der Waals surface area contributed by atoms with E-state index >= 15 is 0 Å². The largest absolute Gasteiger partial charge is 0.497 e. The van der Waals surface area contributed by atoms with E-state index in [1.807, 2.05) is 55.5 Å². The van der Waals surface area contributed by atoms with Crippen molar-refractivity contribution in [2.24, 2.45) is 4.99 Å². The molecule has 1 N–H and O–H groups in total. The lowest BCUT2D eigenvalue weighted by Crippen LogP contribution is -2.35. The highest BCUT2D eigenvalue weighted by Gasteiger charge is 2.39. The van der Waals surface area contributed by atoms with Crippen LogP contribution in [-0.2, 0) is 16.0 Å². The van der Waals surface area contributed by atoms with Crippen molar-refractivity contribution in [3.05, 3.63) is 88.0 Å². The van der Waals surface area contributed by atoms with Gasteiger partial charge in [-0.2, -0.15) is 0 Å². The van der Waals surface area contributed by atoms with E-state index in [2.05, 4.69) is 5.32 Å². The lowest BCUT2D eigenvalue weighted by Gasteiger charge is -2.17. The number of amides is 2. The molecule has 39 heavy (non-hydrogen) atoms. The zero-order valence-electron chi connectivity index (χ0n) is 21.7. The van der Waals surface area contributed by atoms with Gasteiger partial charge in [0.05, 0.1) is 30.5 Å². The van der Waals surface area contributed by atoms with Gasteiger partial charge in [0.1, 0.15) is 16.7 Å². The molecule has 2 amide bonds. The van der Waals surface area contributed by atoms with Crippen LogP contribution in [0.5, 0.6) is 11.5 Å². The highest BCUT2D eigenvalue weighted by atomic mass is 32.2. The van der Waals surface area contributed by atoms with Crippen LogP contribution >= 0.6 is 11.8 Å². The molecular weight excluding hydrogens is 520 g/mol. The van der Waals surface area contributed by atoms with Crippen LogP contribution in [0, 0.1) is 17.0 Å². The number of hydrogen-bond acceptors (Lipinski definition) is 8. The van der Waals surface area contributed by atoms with Crippen LogP contribution in [0.1, 0.15) is 17.5 Å². The Bertz CT molecular complexity index is 1410. The van der Waals surface area contributed by atoms with Gasteiger partial charge in [0.25, 0.3) is 5.69 Å². The molecule has 0 spiro atoms. The summed E-state index contributed by atoms with van der Waals surface area (Å²) in [7, 11) is 3.01. The molecule has 0 saturated carbocycles. The molecule has 0 aliphatic carbocycles. The van der Waals surface area contributed by atoms with Gasteiger partial charge < -0.3 is 14.8 Å². The van der Waals surface area contributed by atoms with Crippen LogP contribution in [0.15, 0.2) is 71.7 Å². The molecule has 0 aromatic heterocycles. The number of rotatable bonds is 10. The predicted molar refractivity (Wildman–Crippen MR) is 151 cm³/mol. The minimum atomic E-state index is -0.700. The summed E-state index contributed by atoms with van der Waals surface area (Å²) in [4.78, 5) is 43.4. The Labute approximate surface area is 230 Å². The predicted octanol–water partition coefficient (Wildman–Crippen LogP) is 5.12. The minimum absolute atomic E-state index is 0.138. The Balaban J connectivity index is 1.52. The first-order valence-electron chi connectivity index (χ1n) is 12.2. The molecule has 1 atom stereocenters. The monoisotopic (exact) mass is 548 g/mol. The molecule has 3 aromatic rings. The molecule has 202 valence electrons. The summed E-state index contributed by atoms with van der Waals surface area (Å²) in [5.74, 6) is 0.342. The van der Waals surface area contributed by atoms with Crippen LogP contribution in [0.2, 0.25) is 0 Å². The van der Waals surface area contributed by atoms with Crippen LogP contribution in [-0.4, -0.2) is 52.8 Å². The Morgan fingerprint density at radius 3 is 2.54 bits per heavy atom. The van der Waals surface area contributed by atoms with Crippen LogP contribution in [0.25, 0.3) is 0 Å². The number of nitrogens with one attached hydrogen (secondary N) is 1. The average Bonchev–Trinajstić information content (AvgIpc) is 3.20. The third-order valence-corrected chi connectivity index (χ3v) is 7.24. The number of benzene rings is 3. The van der Waals surface area contributed by atoms with E-state index in [1.54, 1.807) is 12.0 Å². The maximum absolute atomic E-state index is 13.5. The van der Waals surface area contributed by atoms with E-state index in [4.69, 9.17) is 14.5 Å². The Morgan fingerprint density at radius 1 is 1.10 bits per heavy atom. The molecule has 11 heteroatoms. The fraction of sp³-hybridized carbons (Fsp3) is 0.250. The second kappa shape index (κ2) is 12.4. The number of ether oxygens (including phenoxy) is 2. The number of carbonyl (C=O) groups excluding carboxylic acids is 2. The highest BCUT2D eigenvalue weighted by molar-refractivity contribution is 8.15. The van der Waals surface area contributed by atoms with Crippen molar-refractivity contribution in [2.75, 3.05) is 26.1 Å². The van der Waals surface area contributed by atoms with Crippen LogP contribution < -0.4 is 14.8 Å². The SMILES string of the molecule is COc1ccc(CCN2C(=O)C(CC(=O)Nc3cc([N+](=O)[O-])ccc3OC)SC2=Nc2cccc(C)c2)cc1. The maximum Gasteiger partial charge on any atom is 0.271 e. The van der Waals surface area contributed by atoms with Gasteiger partial charge in [-0.15, -0.1) is 0 Å². The van der Waals surface area contributed by atoms with Gasteiger partial charge in [0, 0.05) is 25.1 Å². The van der Waals surface area contributed by atoms with Crippen molar-refractivity contribution in [3.63, 3.8) is 0 Å². The normalized spacial score (nSPS) is 15.9.